The molecule has 1 heterocycles. The molecule has 4 nitrogen and oxygen atoms in total. The first-order chi connectivity index (χ1) is 9.81. The Labute approximate surface area is 120 Å². The Hall–Kier alpha value is -1.55. The standard InChI is InChI=1S/C16H24N2O2/c1-2-9-20-10-5-8-17-16(19)11-13-12-18-15-7-4-3-6-14(13)15/h3-4,6-7,13,18H,2,5,8-12H2,1H3,(H,17,19). The number of rotatable bonds is 8. The highest BCUT2D eigenvalue weighted by atomic mass is 16.5. The number of nitrogens with one attached hydrogen (secondary N) is 2. The maximum atomic E-state index is 11.9. The highest BCUT2D eigenvalue weighted by Crippen LogP contribution is 2.32. The summed E-state index contributed by atoms with van der Waals surface area (Å²) in [5, 5.41) is 6.32. The summed E-state index contributed by atoms with van der Waals surface area (Å²) in [6.45, 7) is 5.17. The average molecular weight is 276 g/mol. The van der Waals surface area contributed by atoms with Gasteiger partial charge in [-0.05, 0) is 24.5 Å². The molecule has 1 aliphatic rings. The van der Waals surface area contributed by atoms with Gasteiger partial charge < -0.3 is 15.4 Å². The first-order valence-electron chi connectivity index (χ1n) is 7.48. The number of amides is 1. The third-order valence-corrected chi connectivity index (χ3v) is 3.51. The van der Waals surface area contributed by atoms with Crippen LogP contribution in [0.4, 0.5) is 5.69 Å². The van der Waals surface area contributed by atoms with E-state index in [1.54, 1.807) is 0 Å². The van der Waals surface area contributed by atoms with E-state index in [4.69, 9.17) is 4.74 Å². The van der Waals surface area contributed by atoms with Crippen molar-refractivity contribution >= 4 is 11.6 Å². The van der Waals surface area contributed by atoms with Crippen LogP contribution in [0.5, 0.6) is 0 Å². The third-order valence-electron chi connectivity index (χ3n) is 3.51. The molecule has 1 unspecified atom stereocenters. The quantitative estimate of drug-likeness (QED) is 0.717. The summed E-state index contributed by atoms with van der Waals surface area (Å²) in [4.78, 5) is 11.9. The molecule has 0 spiro atoms. The minimum absolute atomic E-state index is 0.129. The minimum atomic E-state index is 0.129. The second-order valence-corrected chi connectivity index (χ2v) is 5.19. The SMILES string of the molecule is CCCOCCCNC(=O)CC1CNc2ccccc21. The third kappa shape index (κ3) is 4.23. The van der Waals surface area contributed by atoms with E-state index >= 15 is 0 Å². The topological polar surface area (TPSA) is 50.4 Å². The molecule has 0 fully saturated rings. The lowest BCUT2D eigenvalue weighted by molar-refractivity contribution is -0.121. The Kier molecular flexibility index (Phi) is 5.87. The summed E-state index contributed by atoms with van der Waals surface area (Å²) >= 11 is 0. The van der Waals surface area contributed by atoms with Crippen LogP contribution >= 0.6 is 0 Å². The van der Waals surface area contributed by atoms with E-state index in [9.17, 15) is 4.79 Å². The fourth-order valence-electron chi connectivity index (χ4n) is 2.48. The van der Waals surface area contributed by atoms with Crippen molar-refractivity contribution in [1.29, 1.82) is 0 Å². The molecule has 0 saturated carbocycles. The molecule has 1 aliphatic heterocycles. The van der Waals surface area contributed by atoms with Crippen molar-refractivity contribution in [3.8, 4) is 0 Å². The van der Waals surface area contributed by atoms with Crippen LogP contribution in [-0.2, 0) is 9.53 Å². The normalized spacial score (nSPS) is 16.6. The van der Waals surface area contributed by atoms with Crippen molar-refractivity contribution in [2.45, 2.75) is 32.1 Å². The molecule has 2 rings (SSSR count). The van der Waals surface area contributed by atoms with Gasteiger partial charge in [0.25, 0.3) is 0 Å². The smallest absolute Gasteiger partial charge is 0.220 e. The van der Waals surface area contributed by atoms with E-state index in [1.807, 2.05) is 12.1 Å². The van der Waals surface area contributed by atoms with Gasteiger partial charge in [0.05, 0.1) is 0 Å². The molecule has 20 heavy (non-hydrogen) atoms. The Morgan fingerprint density at radius 3 is 3.10 bits per heavy atom. The van der Waals surface area contributed by atoms with Crippen LogP contribution in [0.15, 0.2) is 24.3 Å². The van der Waals surface area contributed by atoms with Gasteiger partial charge in [-0.1, -0.05) is 25.1 Å². The van der Waals surface area contributed by atoms with Crippen molar-refractivity contribution in [3.05, 3.63) is 29.8 Å². The molecule has 0 bridgehead atoms. The molecule has 0 aromatic heterocycles. The van der Waals surface area contributed by atoms with Gasteiger partial charge in [0.2, 0.25) is 5.91 Å². The molecule has 0 saturated heterocycles. The van der Waals surface area contributed by atoms with Crippen LogP contribution in [0.1, 0.15) is 37.7 Å². The molecule has 1 aromatic carbocycles. The number of hydrogen-bond acceptors (Lipinski definition) is 3. The predicted octanol–water partition coefficient (Wildman–Crippen LogP) is 2.52. The predicted molar refractivity (Wildman–Crippen MR) is 81.0 cm³/mol. The van der Waals surface area contributed by atoms with Gasteiger partial charge >= 0.3 is 0 Å². The number of benzene rings is 1. The van der Waals surface area contributed by atoms with Crippen LogP contribution in [0.2, 0.25) is 0 Å². The highest BCUT2D eigenvalue weighted by Gasteiger charge is 2.23. The summed E-state index contributed by atoms with van der Waals surface area (Å²) in [5.41, 5.74) is 2.42. The molecule has 2 N–H and O–H groups in total. The van der Waals surface area contributed by atoms with Crippen LogP contribution in [0, 0.1) is 0 Å². The van der Waals surface area contributed by atoms with E-state index < -0.39 is 0 Å². The molecule has 4 heteroatoms. The number of para-hydroxylation sites is 1. The van der Waals surface area contributed by atoms with Crippen molar-refractivity contribution in [2.75, 3.05) is 31.6 Å². The molecule has 0 aliphatic carbocycles. The van der Waals surface area contributed by atoms with Gasteiger partial charge in [0.1, 0.15) is 0 Å². The Morgan fingerprint density at radius 1 is 1.40 bits per heavy atom. The van der Waals surface area contributed by atoms with E-state index in [-0.39, 0.29) is 5.91 Å². The second kappa shape index (κ2) is 7.90. The molecule has 1 aromatic rings. The summed E-state index contributed by atoms with van der Waals surface area (Å²) in [7, 11) is 0. The molecular formula is C16H24N2O2. The maximum absolute atomic E-state index is 11.9. The number of carbonyl (C=O) groups excluding carboxylic acids is 1. The monoisotopic (exact) mass is 276 g/mol. The van der Waals surface area contributed by atoms with Gasteiger partial charge in [0.15, 0.2) is 0 Å². The fraction of sp³-hybridized carbons (Fsp3) is 0.562. The molecular weight excluding hydrogens is 252 g/mol. The van der Waals surface area contributed by atoms with Crippen LogP contribution in [0.3, 0.4) is 0 Å². The molecule has 110 valence electrons. The van der Waals surface area contributed by atoms with Crippen molar-refractivity contribution in [1.82, 2.24) is 5.32 Å². The van der Waals surface area contributed by atoms with Crippen LogP contribution < -0.4 is 10.6 Å². The van der Waals surface area contributed by atoms with Crippen molar-refractivity contribution < 1.29 is 9.53 Å². The number of carbonyl (C=O) groups is 1. The van der Waals surface area contributed by atoms with E-state index in [0.29, 0.717) is 18.9 Å². The lowest BCUT2D eigenvalue weighted by Crippen LogP contribution is -2.27. The first-order valence-corrected chi connectivity index (χ1v) is 7.48. The summed E-state index contributed by atoms with van der Waals surface area (Å²) < 4.78 is 5.38. The zero-order valence-corrected chi connectivity index (χ0v) is 12.2. The Balaban J connectivity index is 1.66. The van der Waals surface area contributed by atoms with Gasteiger partial charge in [-0.25, -0.2) is 0 Å². The largest absolute Gasteiger partial charge is 0.384 e. The summed E-state index contributed by atoms with van der Waals surface area (Å²) in [6, 6.07) is 8.22. The van der Waals surface area contributed by atoms with Crippen LogP contribution in [-0.4, -0.2) is 32.2 Å². The minimum Gasteiger partial charge on any atom is -0.384 e. The zero-order valence-electron chi connectivity index (χ0n) is 12.2. The summed E-state index contributed by atoms with van der Waals surface area (Å²) in [5.74, 6) is 0.423. The van der Waals surface area contributed by atoms with Gasteiger partial charge in [-0.2, -0.15) is 0 Å². The van der Waals surface area contributed by atoms with Gasteiger partial charge in [0, 0.05) is 44.3 Å². The molecule has 1 amide bonds. The van der Waals surface area contributed by atoms with Crippen molar-refractivity contribution in [2.24, 2.45) is 0 Å². The number of ether oxygens (including phenoxy) is 1. The van der Waals surface area contributed by atoms with Crippen molar-refractivity contribution in [3.63, 3.8) is 0 Å². The van der Waals surface area contributed by atoms with E-state index in [1.165, 1.54) is 11.3 Å². The Morgan fingerprint density at radius 2 is 2.25 bits per heavy atom. The lowest BCUT2D eigenvalue weighted by atomic mass is 9.97. The number of anilines is 1. The first kappa shape index (κ1) is 14.9. The number of hydrogen-bond donors (Lipinski definition) is 2. The van der Waals surface area contributed by atoms with E-state index in [2.05, 4.69) is 29.7 Å². The Bertz CT molecular complexity index is 434. The average Bonchev–Trinajstić information content (AvgIpc) is 2.86. The molecule has 0 radical (unpaired) electrons. The van der Waals surface area contributed by atoms with Gasteiger partial charge in [-0.3, -0.25) is 4.79 Å². The van der Waals surface area contributed by atoms with E-state index in [0.717, 1.165) is 32.6 Å². The molecule has 1 atom stereocenters. The lowest BCUT2D eigenvalue weighted by Gasteiger charge is -2.10. The second-order valence-electron chi connectivity index (χ2n) is 5.19. The maximum Gasteiger partial charge on any atom is 0.220 e. The number of fused-ring (bicyclic) bond motifs is 1. The zero-order chi connectivity index (χ0) is 14.2. The van der Waals surface area contributed by atoms with Crippen LogP contribution in [0.25, 0.3) is 0 Å². The highest BCUT2D eigenvalue weighted by molar-refractivity contribution is 5.78. The fourth-order valence-corrected chi connectivity index (χ4v) is 2.48. The summed E-state index contributed by atoms with van der Waals surface area (Å²) in [6.07, 6.45) is 2.48. The van der Waals surface area contributed by atoms with Gasteiger partial charge in [-0.15, -0.1) is 0 Å².